The van der Waals surface area contributed by atoms with Gasteiger partial charge in [0.05, 0.1) is 7.11 Å². The highest BCUT2D eigenvalue weighted by molar-refractivity contribution is 6.33. The predicted octanol–water partition coefficient (Wildman–Crippen LogP) is 3.78. The van der Waals surface area contributed by atoms with E-state index in [-0.39, 0.29) is 0 Å². The van der Waals surface area contributed by atoms with E-state index in [1.165, 1.54) is 0 Å². The third-order valence-corrected chi connectivity index (χ3v) is 3.29. The predicted molar refractivity (Wildman–Crippen MR) is 76.1 cm³/mol. The van der Waals surface area contributed by atoms with Crippen LogP contribution in [0.5, 0.6) is 5.75 Å². The van der Waals surface area contributed by atoms with Crippen LogP contribution in [0.15, 0.2) is 36.4 Å². The number of benzene rings is 2. The van der Waals surface area contributed by atoms with E-state index in [0.29, 0.717) is 6.54 Å². The molecular formula is C15H16ClNO. The molecule has 0 heterocycles. The number of hydrogen-bond acceptors (Lipinski definition) is 2. The Morgan fingerprint density at radius 2 is 1.94 bits per heavy atom. The van der Waals surface area contributed by atoms with Crippen LogP contribution in [0.25, 0.3) is 11.1 Å². The summed E-state index contributed by atoms with van der Waals surface area (Å²) in [6, 6.07) is 11.9. The SMILES string of the molecule is COc1c(C)cc(-c2ccccc2Cl)cc1CN. The van der Waals surface area contributed by atoms with Gasteiger partial charge in [0.2, 0.25) is 0 Å². The summed E-state index contributed by atoms with van der Waals surface area (Å²) in [6.45, 7) is 2.46. The van der Waals surface area contributed by atoms with Crippen LogP contribution in [0.4, 0.5) is 0 Å². The maximum absolute atomic E-state index is 6.22. The normalized spacial score (nSPS) is 10.4. The van der Waals surface area contributed by atoms with Crippen LogP contribution in [-0.4, -0.2) is 7.11 Å². The molecule has 0 bridgehead atoms. The van der Waals surface area contributed by atoms with E-state index in [0.717, 1.165) is 33.0 Å². The topological polar surface area (TPSA) is 35.2 Å². The van der Waals surface area contributed by atoms with Crippen molar-refractivity contribution >= 4 is 11.6 Å². The highest BCUT2D eigenvalue weighted by Gasteiger charge is 2.10. The molecule has 94 valence electrons. The van der Waals surface area contributed by atoms with Crippen molar-refractivity contribution in [2.45, 2.75) is 13.5 Å². The Morgan fingerprint density at radius 3 is 2.56 bits per heavy atom. The second kappa shape index (κ2) is 5.42. The second-order valence-electron chi connectivity index (χ2n) is 4.17. The standard InChI is InChI=1S/C15H16ClNO/c1-10-7-11(8-12(9-17)15(10)18-2)13-5-3-4-6-14(13)16/h3-8H,9,17H2,1-2H3. The highest BCUT2D eigenvalue weighted by atomic mass is 35.5. The fourth-order valence-corrected chi connectivity index (χ4v) is 2.39. The Balaban J connectivity index is 2.60. The molecule has 3 heteroatoms. The molecule has 2 nitrogen and oxygen atoms in total. The smallest absolute Gasteiger partial charge is 0.126 e. The summed E-state index contributed by atoms with van der Waals surface area (Å²) in [5.74, 6) is 0.855. The van der Waals surface area contributed by atoms with Crippen LogP contribution in [0.3, 0.4) is 0 Å². The van der Waals surface area contributed by atoms with Gasteiger partial charge in [0.15, 0.2) is 0 Å². The van der Waals surface area contributed by atoms with Crippen molar-refractivity contribution < 1.29 is 4.74 Å². The average molecular weight is 262 g/mol. The van der Waals surface area contributed by atoms with Gasteiger partial charge in [-0.15, -0.1) is 0 Å². The Labute approximate surface area is 112 Å². The van der Waals surface area contributed by atoms with Crippen LogP contribution in [0.1, 0.15) is 11.1 Å². The van der Waals surface area contributed by atoms with Gasteiger partial charge in [0.25, 0.3) is 0 Å². The first-order chi connectivity index (χ1) is 8.67. The summed E-state index contributed by atoms with van der Waals surface area (Å²) in [5.41, 5.74) is 9.91. The molecule has 0 aliphatic heterocycles. The Bertz CT molecular complexity index is 566. The molecule has 0 amide bonds. The van der Waals surface area contributed by atoms with E-state index in [1.807, 2.05) is 37.3 Å². The Kier molecular flexibility index (Phi) is 3.90. The lowest BCUT2D eigenvalue weighted by atomic mass is 9.99. The van der Waals surface area contributed by atoms with Gasteiger partial charge in [-0.25, -0.2) is 0 Å². The van der Waals surface area contributed by atoms with E-state index < -0.39 is 0 Å². The maximum atomic E-state index is 6.22. The van der Waals surface area contributed by atoms with Gasteiger partial charge >= 0.3 is 0 Å². The quantitative estimate of drug-likeness (QED) is 0.913. The summed E-state index contributed by atoms with van der Waals surface area (Å²) >= 11 is 6.22. The van der Waals surface area contributed by atoms with E-state index in [4.69, 9.17) is 22.1 Å². The second-order valence-corrected chi connectivity index (χ2v) is 4.58. The van der Waals surface area contributed by atoms with Crippen molar-refractivity contribution in [1.82, 2.24) is 0 Å². The molecule has 2 aromatic carbocycles. The van der Waals surface area contributed by atoms with Gasteiger partial charge in [-0.3, -0.25) is 0 Å². The molecular weight excluding hydrogens is 246 g/mol. The monoisotopic (exact) mass is 261 g/mol. The summed E-state index contributed by atoms with van der Waals surface area (Å²) in [5, 5.41) is 0.741. The van der Waals surface area contributed by atoms with Gasteiger partial charge in [0.1, 0.15) is 5.75 Å². The van der Waals surface area contributed by atoms with Gasteiger partial charge in [0, 0.05) is 22.7 Å². The van der Waals surface area contributed by atoms with Crippen molar-refractivity contribution in [3.8, 4) is 16.9 Å². The molecule has 18 heavy (non-hydrogen) atoms. The van der Waals surface area contributed by atoms with Crippen LogP contribution in [-0.2, 0) is 6.54 Å². The highest BCUT2D eigenvalue weighted by Crippen LogP contribution is 2.33. The van der Waals surface area contributed by atoms with Crippen molar-refractivity contribution in [3.05, 3.63) is 52.5 Å². The molecule has 0 fully saturated rings. The number of rotatable bonds is 3. The van der Waals surface area contributed by atoms with Crippen LogP contribution in [0.2, 0.25) is 5.02 Å². The molecule has 2 N–H and O–H groups in total. The Morgan fingerprint density at radius 1 is 1.22 bits per heavy atom. The largest absolute Gasteiger partial charge is 0.496 e. The molecule has 0 spiro atoms. The van der Waals surface area contributed by atoms with E-state index >= 15 is 0 Å². The average Bonchev–Trinajstić information content (AvgIpc) is 2.38. The third-order valence-electron chi connectivity index (χ3n) is 2.96. The number of nitrogens with two attached hydrogens (primary N) is 1. The van der Waals surface area contributed by atoms with E-state index in [9.17, 15) is 0 Å². The summed E-state index contributed by atoms with van der Waals surface area (Å²) < 4.78 is 5.38. The third kappa shape index (κ3) is 2.35. The minimum absolute atomic E-state index is 0.447. The van der Waals surface area contributed by atoms with E-state index in [1.54, 1.807) is 7.11 Å². The minimum atomic E-state index is 0.447. The lowest BCUT2D eigenvalue weighted by Gasteiger charge is -2.13. The van der Waals surface area contributed by atoms with Crippen molar-refractivity contribution in [3.63, 3.8) is 0 Å². The molecule has 2 rings (SSSR count). The minimum Gasteiger partial charge on any atom is -0.496 e. The van der Waals surface area contributed by atoms with Gasteiger partial charge in [-0.1, -0.05) is 29.8 Å². The zero-order valence-electron chi connectivity index (χ0n) is 10.5. The lowest BCUT2D eigenvalue weighted by molar-refractivity contribution is 0.407. The molecule has 0 saturated heterocycles. The lowest BCUT2D eigenvalue weighted by Crippen LogP contribution is -2.02. The number of aryl methyl sites for hydroxylation is 1. The Hall–Kier alpha value is -1.51. The van der Waals surface area contributed by atoms with Crippen LogP contribution < -0.4 is 10.5 Å². The first-order valence-electron chi connectivity index (χ1n) is 5.80. The fraction of sp³-hybridized carbons (Fsp3) is 0.200. The van der Waals surface area contributed by atoms with Crippen molar-refractivity contribution in [2.75, 3.05) is 7.11 Å². The van der Waals surface area contributed by atoms with Crippen LogP contribution in [0, 0.1) is 6.92 Å². The number of ether oxygens (including phenoxy) is 1. The molecule has 0 atom stereocenters. The van der Waals surface area contributed by atoms with Crippen molar-refractivity contribution in [1.29, 1.82) is 0 Å². The molecule has 0 aromatic heterocycles. The summed E-state index contributed by atoms with van der Waals surface area (Å²) in [7, 11) is 1.66. The molecule has 0 saturated carbocycles. The van der Waals surface area contributed by atoms with Gasteiger partial charge in [-0.2, -0.15) is 0 Å². The molecule has 0 aliphatic carbocycles. The molecule has 0 radical (unpaired) electrons. The van der Waals surface area contributed by atoms with Crippen LogP contribution >= 0.6 is 11.6 Å². The number of methoxy groups -OCH3 is 1. The maximum Gasteiger partial charge on any atom is 0.126 e. The summed E-state index contributed by atoms with van der Waals surface area (Å²) in [4.78, 5) is 0. The molecule has 0 aliphatic rings. The van der Waals surface area contributed by atoms with Crippen molar-refractivity contribution in [2.24, 2.45) is 5.73 Å². The fourth-order valence-electron chi connectivity index (χ4n) is 2.14. The first-order valence-corrected chi connectivity index (χ1v) is 6.17. The van der Waals surface area contributed by atoms with E-state index in [2.05, 4.69) is 6.07 Å². The zero-order valence-corrected chi connectivity index (χ0v) is 11.3. The van der Waals surface area contributed by atoms with Gasteiger partial charge < -0.3 is 10.5 Å². The number of hydrogen-bond donors (Lipinski definition) is 1. The summed E-state index contributed by atoms with van der Waals surface area (Å²) in [6.07, 6.45) is 0. The van der Waals surface area contributed by atoms with Gasteiger partial charge in [-0.05, 0) is 36.2 Å². The first kappa shape index (κ1) is 12.9. The molecule has 2 aromatic rings. The number of halogens is 1. The molecule has 0 unspecified atom stereocenters. The zero-order chi connectivity index (χ0) is 13.1.